The molecule has 21 heavy (non-hydrogen) atoms. The lowest BCUT2D eigenvalue weighted by Crippen LogP contribution is -2.38. The number of carbonyl (C=O) groups is 1. The Kier molecular flexibility index (Phi) is 4.62. The Labute approximate surface area is 123 Å². The van der Waals surface area contributed by atoms with Crippen molar-refractivity contribution in [2.45, 2.75) is 19.8 Å². The summed E-state index contributed by atoms with van der Waals surface area (Å²) in [6, 6.07) is 5.01. The zero-order valence-electron chi connectivity index (χ0n) is 12.0. The van der Waals surface area contributed by atoms with E-state index in [1.165, 1.54) is 6.07 Å². The van der Waals surface area contributed by atoms with E-state index in [9.17, 15) is 14.9 Å². The van der Waals surface area contributed by atoms with Crippen molar-refractivity contribution >= 4 is 23.0 Å². The first-order valence-corrected chi connectivity index (χ1v) is 7.09. The van der Waals surface area contributed by atoms with Gasteiger partial charge in [0, 0.05) is 49.1 Å². The van der Waals surface area contributed by atoms with E-state index in [2.05, 4.69) is 10.2 Å². The number of carbonyl (C=O) groups excluding carboxylic acids is 1. The first-order chi connectivity index (χ1) is 10.0. The zero-order chi connectivity index (χ0) is 15.4. The number of non-ortho nitro benzene ring substituents is 1. The minimum absolute atomic E-state index is 0.0699. The molecule has 0 radical (unpaired) electrons. The smallest absolute Gasteiger partial charge is 0.273 e. The molecule has 0 unspecified atom stereocenters. The van der Waals surface area contributed by atoms with Crippen molar-refractivity contribution in [1.29, 1.82) is 0 Å². The van der Waals surface area contributed by atoms with Gasteiger partial charge in [0.25, 0.3) is 5.69 Å². The Hall–Kier alpha value is -2.31. The molecule has 0 aliphatic carbocycles. The molecule has 7 heteroatoms. The van der Waals surface area contributed by atoms with Crippen LogP contribution in [0, 0.1) is 16.0 Å². The molecule has 0 saturated carbocycles. The van der Waals surface area contributed by atoms with Gasteiger partial charge in [0.15, 0.2) is 0 Å². The number of anilines is 2. The number of hydrogen-bond acceptors (Lipinski definition) is 5. The summed E-state index contributed by atoms with van der Waals surface area (Å²) in [4.78, 5) is 23.9. The molecule has 3 N–H and O–H groups in total. The molecule has 0 atom stereocenters. The molecule has 1 aromatic carbocycles. The molecule has 1 aliphatic heterocycles. The van der Waals surface area contributed by atoms with E-state index in [1.807, 2.05) is 13.0 Å². The quantitative estimate of drug-likeness (QED) is 0.635. The summed E-state index contributed by atoms with van der Waals surface area (Å²) >= 11 is 0. The maximum Gasteiger partial charge on any atom is 0.273 e. The maximum absolute atomic E-state index is 11.2. The minimum Gasteiger partial charge on any atom is -0.385 e. The van der Waals surface area contributed by atoms with Crippen LogP contribution >= 0.6 is 0 Å². The summed E-state index contributed by atoms with van der Waals surface area (Å²) in [5.74, 6) is -0.352. The van der Waals surface area contributed by atoms with Crippen LogP contribution in [0.3, 0.4) is 0 Å². The van der Waals surface area contributed by atoms with Crippen LogP contribution in [0.1, 0.15) is 19.8 Å². The predicted molar refractivity (Wildman–Crippen MR) is 81.4 cm³/mol. The van der Waals surface area contributed by atoms with E-state index in [0.29, 0.717) is 32.5 Å². The van der Waals surface area contributed by atoms with Crippen LogP contribution in [0.15, 0.2) is 18.2 Å². The zero-order valence-corrected chi connectivity index (χ0v) is 12.0. The second kappa shape index (κ2) is 6.43. The monoisotopic (exact) mass is 292 g/mol. The maximum atomic E-state index is 11.2. The molecule has 7 nitrogen and oxygen atoms in total. The lowest BCUT2D eigenvalue weighted by molar-refractivity contribution is -0.384. The fourth-order valence-corrected chi connectivity index (χ4v) is 2.61. The molecular formula is C14H20N4O3. The van der Waals surface area contributed by atoms with Gasteiger partial charge in [0.2, 0.25) is 5.91 Å². The molecule has 0 aromatic heterocycles. The van der Waals surface area contributed by atoms with Gasteiger partial charge in [-0.25, -0.2) is 0 Å². The molecule has 1 amide bonds. The molecule has 1 aromatic rings. The molecule has 1 heterocycles. The number of piperidine rings is 1. The first-order valence-electron chi connectivity index (χ1n) is 7.09. The van der Waals surface area contributed by atoms with Crippen LogP contribution in [-0.4, -0.2) is 30.5 Å². The highest BCUT2D eigenvalue weighted by molar-refractivity contribution is 5.77. The van der Waals surface area contributed by atoms with E-state index in [1.54, 1.807) is 6.07 Å². The van der Waals surface area contributed by atoms with Crippen LogP contribution < -0.4 is 16.0 Å². The van der Waals surface area contributed by atoms with Crippen molar-refractivity contribution < 1.29 is 9.72 Å². The van der Waals surface area contributed by atoms with E-state index in [-0.39, 0.29) is 22.4 Å². The van der Waals surface area contributed by atoms with Crippen LogP contribution in [0.5, 0.6) is 0 Å². The van der Waals surface area contributed by atoms with Crippen LogP contribution in [0.4, 0.5) is 17.1 Å². The third-order valence-electron chi connectivity index (χ3n) is 3.76. The Bertz CT molecular complexity index is 539. The molecular weight excluding hydrogens is 272 g/mol. The Morgan fingerprint density at radius 2 is 2.10 bits per heavy atom. The van der Waals surface area contributed by atoms with Crippen molar-refractivity contribution in [1.82, 2.24) is 0 Å². The summed E-state index contributed by atoms with van der Waals surface area (Å²) in [5.41, 5.74) is 6.94. The fourth-order valence-electron chi connectivity index (χ4n) is 2.61. The van der Waals surface area contributed by atoms with Crippen molar-refractivity contribution in [3.63, 3.8) is 0 Å². The fraction of sp³-hybridized carbons (Fsp3) is 0.500. The lowest BCUT2D eigenvalue weighted by Gasteiger charge is -2.32. The highest BCUT2D eigenvalue weighted by Crippen LogP contribution is 2.30. The molecule has 2 rings (SSSR count). The summed E-state index contributed by atoms with van der Waals surface area (Å²) in [5, 5.41) is 14.1. The largest absolute Gasteiger partial charge is 0.385 e. The second-order valence-corrected chi connectivity index (χ2v) is 5.19. The summed E-state index contributed by atoms with van der Waals surface area (Å²) in [6.07, 6.45) is 1.38. The number of nitrogens with two attached hydrogens (primary N) is 1. The minimum atomic E-state index is -0.388. The lowest BCUT2D eigenvalue weighted by atomic mass is 9.96. The highest BCUT2D eigenvalue weighted by Gasteiger charge is 2.24. The highest BCUT2D eigenvalue weighted by atomic mass is 16.6. The van der Waals surface area contributed by atoms with Gasteiger partial charge in [-0.15, -0.1) is 0 Å². The van der Waals surface area contributed by atoms with Gasteiger partial charge in [0.1, 0.15) is 0 Å². The third kappa shape index (κ3) is 3.62. The number of hydrogen-bond donors (Lipinski definition) is 2. The van der Waals surface area contributed by atoms with Gasteiger partial charge >= 0.3 is 0 Å². The number of nitro groups is 1. The number of rotatable bonds is 5. The number of nitrogens with one attached hydrogen (secondary N) is 1. The average Bonchev–Trinajstić information content (AvgIpc) is 2.47. The SMILES string of the molecule is CCNc1cc(N2CCC(C(N)=O)CC2)cc([N+](=O)[O-])c1. The number of nitrogens with zero attached hydrogens (tertiary/aromatic N) is 2. The van der Waals surface area contributed by atoms with Crippen LogP contribution in [-0.2, 0) is 4.79 Å². The topological polar surface area (TPSA) is 102 Å². The second-order valence-electron chi connectivity index (χ2n) is 5.19. The van der Waals surface area contributed by atoms with E-state index in [4.69, 9.17) is 5.73 Å². The first kappa shape index (κ1) is 15.1. The number of primary amides is 1. The van der Waals surface area contributed by atoms with E-state index in [0.717, 1.165) is 11.4 Å². The Morgan fingerprint density at radius 3 is 2.62 bits per heavy atom. The van der Waals surface area contributed by atoms with E-state index >= 15 is 0 Å². The normalized spacial score (nSPS) is 15.8. The van der Waals surface area contributed by atoms with Gasteiger partial charge in [-0.3, -0.25) is 14.9 Å². The average molecular weight is 292 g/mol. The van der Waals surface area contributed by atoms with Crippen LogP contribution in [0.25, 0.3) is 0 Å². The Balaban J connectivity index is 2.19. The molecule has 1 aliphatic rings. The van der Waals surface area contributed by atoms with Gasteiger partial charge in [-0.2, -0.15) is 0 Å². The summed E-state index contributed by atoms with van der Waals surface area (Å²) < 4.78 is 0. The summed E-state index contributed by atoms with van der Waals surface area (Å²) in [6.45, 7) is 4.00. The van der Waals surface area contributed by atoms with Crippen molar-refractivity contribution in [2.75, 3.05) is 29.9 Å². The van der Waals surface area contributed by atoms with Gasteiger partial charge in [-0.1, -0.05) is 0 Å². The van der Waals surface area contributed by atoms with Crippen molar-refractivity contribution in [2.24, 2.45) is 11.7 Å². The molecule has 114 valence electrons. The van der Waals surface area contributed by atoms with Crippen LogP contribution in [0.2, 0.25) is 0 Å². The van der Waals surface area contributed by atoms with Gasteiger partial charge < -0.3 is 16.0 Å². The van der Waals surface area contributed by atoms with Gasteiger partial charge in [-0.05, 0) is 25.8 Å². The van der Waals surface area contributed by atoms with Gasteiger partial charge in [0.05, 0.1) is 4.92 Å². The third-order valence-corrected chi connectivity index (χ3v) is 3.76. The number of benzene rings is 1. The summed E-state index contributed by atoms with van der Waals surface area (Å²) in [7, 11) is 0. The predicted octanol–water partition coefficient (Wildman–Crippen LogP) is 1.73. The van der Waals surface area contributed by atoms with Crippen molar-refractivity contribution in [3.8, 4) is 0 Å². The molecule has 1 fully saturated rings. The van der Waals surface area contributed by atoms with E-state index < -0.39 is 0 Å². The Morgan fingerprint density at radius 1 is 1.43 bits per heavy atom. The molecule has 0 spiro atoms. The standard InChI is InChI=1S/C14H20N4O3/c1-2-16-11-7-12(9-13(8-11)18(20)21)17-5-3-10(4-6-17)14(15)19/h7-10,16H,2-6H2,1H3,(H2,15,19). The molecule has 0 bridgehead atoms. The van der Waals surface area contributed by atoms with Crippen molar-refractivity contribution in [3.05, 3.63) is 28.3 Å². The number of amides is 1. The number of nitro benzene ring substituents is 1. The molecule has 1 saturated heterocycles.